The number of thiazole rings is 1. The zero-order valence-corrected chi connectivity index (χ0v) is 16.1. The van der Waals surface area contributed by atoms with Gasteiger partial charge in [0, 0.05) is 30.9 Å². The van der Waals surface area contributed by atoms with Crippen LogP contribution in [-0.2, 0) is 11.8 Å². The number of carbonyl (C=O) groups excluding carboxylic acids is 1. The lowest BCUT2D eigenvalue weighted by Gasteiger charge is -2.21. The fourth-order valence-corrected chi connectivity index (χ4v) is 4.72. The minimum absolute atomic E-state index is 0.0504. The van der Waals surface area contributed by atoms with E-state index in [1.54, 1.807) is 17.4 Å². The summed E-state index contributed by atoms with van der Waals surface area (Å²) in [6.45, 7) is 4.77. The molecule has 0 bridgehead atoms. The van der Waals surface area contributed by atoms with Gasteiger partial charge >= 0.3 is 0 Å². The minimum atomic E-state index is 0.0504. The monoisotopic (exact) mass is 366 g/mol. The highest BCUT2D eigenvalue weighted by atomic mass is 32.1. The zero-order valence-electron chi connectivity index (χ0n) is 15.3. The van der Waals surface area contributed by atoms with Crippen LogP contribution in [-0.4, -0.2) is 32.1 Å². The number of benzene rings is 1. The number of likely N-dealkylation sites (tertiary alicyclic amines) is 1. The van der Waals surface area contributed by atoms with Crippen molar-refractivity contribution in [3.05, 3.63) is 52.3 Å². The summed E-state index contributed by atoms with van der Waals surface area (Å²) in [6.07, 6.45) is 5.58. The van der Waals surface area contributed by atoms with Crippen LogP contribution in [0.4, 0.5) is 0 Å². The first kappa shape index (κ1) is 17.0. The normalized spacial score (nSPS) is 17.7. The molecule has 1 saturated heterocycles. The van der Waals surface area contributed by atoms with Gasteiger partial charge in [0.15, 0.2) is 0 Å². The maximum Gasteiger partial charge on any atom is 0.247 e. The van der Waals surface area contributed by atoms with Crippen molar-refractivity contribution >= 4 is 33.5 Å². The summed E-state index contributed by atoms with van der Waals surface area (Å²) in [5, 5.41) is 5.45. The van der Waals surface area contributed by atoms with E-state index in [9.17, 15) is 4.79 Å². The Morgan fingerprint density at radius 3 is 2.85 bits per heavy atom. The number of aromatic nitrogens is 3. The second-order valence-electron chi connectivity index (χ2n) is 6.75. The van der Waals surface area contributed by atoms with Gasteiger partial charge in [0.2, 0.25) is 5.91 Å². The molecule has 1 unspecified atom stereocenters. The number of fused-ring (bicyclic) bond motifs is 1. The molecule has 0 radical (unpaired) electrons. The van der Waals surface area contributed by atoms with Crippen molar-refractivity contribution in [3.8, 4) is 0 Å². The molecule has 3 heterocycles. The highest BCUT2D eigenvalue weighted by molar-refractivity contribution is 7.18. The molecule has 3 aromatic rings. The minimum Gasteiger partial charge on any atom is -0.330 e. The van der Waals surface area contributed by atoms with E-state index in [0.717, 1.165) is 46.9 Å². The van der Waals surface area contributed by atoms with Crippen molar-refractivity contribution in [2.45, 2.75) is 32.7 Å². The summed E-state index contributed by atoms with van der Waals surface area (Å²) in [7, 11) is 1.92. The van der Waals surface area contributed by atoms with E-state index in [-0.39, 0.29) is 11.9 Å². The lowest BCUT2D eigenvalue weighted by molar-refractivity contribution is -0.126. The quantitative estimate of drug-likeness (QED) is 0.658. The highest BCUT2D eigenvalue weighted by Gasteiger charge is 2.31. The number of nitrogens with zero attached hydrogens (tertiary/aromatic N) is 4. The van der Waals surface area contributed by atoms with Crippen LogP contribution < -0.4 is 0 Å². The molecule has 1 atom stereocenters. The number of hydrogen-bond acceptors (Lipinski definition) is 4. The van der Waals surface area contributed by atoms with E-state index in [1.165, 1.54) is 4.70 Å². The van der Waals surface area contributed by atoms with Crippen molar-refractivity contribution in [3.63, 3.8) is 0 Å². The van der Waals surface area contributed by atoms with Gasteiger partial charge in [-0.2, -0.15) is 5.10 Å². The first-order chi connectivity index (χ1) is 12.5. The molecule has 5 nitrogen and oxygen atoms in total. The molecule has 1 aliphatic rings. The van der Waals surface area contributed by atoms with Gasteiger partial charge in [0.25, 0.3) is 0 Å². The Balaban J connectivity index is 1.57. The van der Waals surface area contributed by atoms with Gasteiger partial charge in [-0.1, -0.05) is 12.1 Å². The molecule has 134 valence electrons. The van der Waals surface area contributed by atoms with E-state index in [0.29, 0.717) is 0 Å². The topological polar surface area (TPSA) is 51.0 Å². The van der Waals surface area contributed by atoms with Gasteiger partial charge in [-0.05, 0) is 44.9 Å². The van der Waals surface area contributed by atoms with E-state index >= 15 is 0 Å². The van der Waals surface area contributed by atoms with Crippen molar-refractivity contribution < 1.29 is 4.79 Å². The van der Waals surface area contributed by atoms with Crippen molar-refractivity contribution in [2.24, 2.45) is 7.05 Å². The third-order valence-corrected chi connectivity index (χ3v) is 6.23. The number of hydrogen-bond donors (Lipinski definition) is 0. The second kappa shape index (κ2) is 6.68. The third kappa shape index (κ3) is 2.94. The largest absolute Gasteiger partial charge is 0.330 e. The number of para-hydroxylation sites is 1. The number of carbonyl (C=O) groups is 1. The predicted molar refractivity (Wildman–Crippen MR) is 105 cm³/mol. The fraction of sp³-hybridized carbons (Fsp3) is 0.350. The van der Waals surface area contributed by atoms with Crippen LogP contribution in [0.3, 0.4) is 0 Å². The Kier molecular flexibility index (Phi) is 4.36. The standard InChI is InChI=1S/C20H22N4OS/c1-13-15(14(2)23(3)22-13)10-11-19(25)24-12-6-8-17(24)20-21-16-7-4-5-9-18(16)26-20/h4-5,7,9-11,17H,6,8,12H2,1-3H3/b11-10+. The van der Waals surface area contributed by atoms with E-state index < -0.39 is 0 Å². The van der Waals surface area contributed by atoms with Crippen molar-refractivity contribution in [1.82, 2.24) is 19.7 Å². The summed E-state index contributed by atoms with van der Waals surface area (Å²) in [5.74, 6) is 0.0504. The Morgan fingerprint density at radius 1 is 1.31 bits per heavy atom. The van der Waals surface area contributed by atoms with Crippen LogP contribution in [0.5, 0.6) is 0 Å². The van der Waals surface area contributed by atoms with Crippen molar-refractivity contribution in [2.75, 3.05) is 6.54 Å². The average Bonchev–Trinajstić information content (AvgIpc) is 3.32. The molecule has 1 fully saturated rings. The lowest BCUT2D eigenvalue weighted by Crippen LogP contribution is -2.28. The maximum absolute atomic E-state index is 12.8. The summed E-state index contributed by atoms with van der Waals surface area (Å²) < 4.78 is 3.03. The lowest BCUT2D eigenvalue weighted by atomic mass is 10.2. The molecule has 1 amide bonds. The summed E-state index contributed by atoms with van der Waals surface area (Å²) in [5.41, 5.74) is 4.05. The molecule has 1 aliphatic heterocycles. The zero-order chi connectivity index (χ0) is 18.3. The first-order valence-electron chi connectivity index (χ1n) is 8.89. The van der Waals surface area contributed by atoms with Gasteiger partial charge in [0.1, 0.15) is 5.01 Å². The summed E-state index contributed by atoms with van der Waals surface area (Å²) in [4.78, 5) is 19.6. The Hall–Kier alpha value is -2.47. The van der Waals surface area contributed by atoms with Gasteiger partial charge in [-0.15, -0.1) is 11.3 Å². The molecule has 6 heteroatoms. The summed E-state index contributed by atoms with van der Waals surface area (Å²) >= 11 is 1.70. The Morgan fingerprint density at radius 2 is 2.12 bits per heavy atom. The van der Waals surface area contributed by atoms with Crippen LogP contribution in [0.2, 0.25) is 0 Å². The average molecular weight is 366 g/mol. The van der Waals surface area contributed by atoms with Crippen LogP contribution in [0, 0.1) is 13.8 Å². The van der Waals surface area contributed by atoms with Crippen LogP contribution in [0.1, 0.15) is 40.8 Å². The molecule has 0 aliphatic carbocycles. The van der Waals surface area contributed by atoms with Gasteiger partial charge in [0.05, 0.1) is 22.0 Å². The highest BCUT2D eigenvalue weighted by Crippen LogP contribution is 2.36. The molecule has 0 N–H and O–H groups in total. The summed E-state index contributed by atoms with van der Waals surface area (Å²) in [6, 6.07) is 8.24. The molecule has 0 saturated carbocycles. The van der Waals surface area contributed by atoms with E-state index in [4.69, 9.17) is 4.98 Å². The smallest absolute Gasteiger partial charge is 0.247 e. The molecule has 2 aromatic heterocycles. The van der Waals surface area contributed by atoms with Crippen LogP contribution >= 0.6 is 11.3 Å². The molecular weight excluding hydrogens is 344 g/mol. The van der Waals surface area contributed by atoms with Crippen molar-refractivity contribution in [1.29, 1.82) is 0 Å². The predicted octanol–water partition coefficient (Wildman–Crippen LogP) is 4.02. The van der Waals surface area contributed by atoms with E-state index in [2.05, 4.69) is 11.2 Å². The number of rotatable bonds is 3. The Bertz CT molecular complexity index is 968. The number of amides is 1. The third-order valence-electron chi connectivity index (χ3n) is 5.09. The maximum atomic E-state index is 12.8. The van der Waals surface area contributed by atoms with Crippen LogP contribution in [0.25, 0.3) is 16.3 Å². The molecule has 0 spiro atoms. The van der Waals surface area contributed by atoms with Crippen LogP contribution in [0.15, 0.2) is 30.3 Å². The first-order valence-corrected chi connectivity index (χ1v) is 9.70. The molecule has 4 rings (SSSR count). The molecule has 26 heavy (non-hydrogen) atoms. The van der Waals surface area contributed by atoms with Gasteiger partial charge < -0.3 is 4.90 Å². The fourth-order valence-electron chi connectivity index (χ4n) is 3.60. The molecule has 1 aromatic carbocycles. The Labute approximate surface area is 157 Å². The van der Waals surface area contributed by atoms with Gasteiger partial charge in [-0.25, -0.2) is 4.98 Å². The van der Waals surface area contributed by atoms with Gasteiger partial charge in [-0.3, -0.25) is 9.48 Å². The SMILES string of the molecule is Cc1nn(C)c(C)c1/C=C/C(=O)N1CCCC1c1nc2ccccc2s1. The number of aryl methyl sites for hydroxylation is 2. The second-order valence-corrected chi connectivity index (χ2v) is 7.81. The molecular formula is C20H22N4OS. The van der Waals surface area contributed by atoms with E-state index in [1.807, 2.05) is 54.8 Å².